The second kappa shape index (κ2) is 6.12. The van der Waals surface area contributed by atoms with Gasteiger partial charge in [0.15, 0.2) is 0 Å². The van der Waals surface area contributed by atoms with Gasteiger partial charge in [0, 0.05) is 29.0 Å². The third-order valence-corrected chi connectivity index (χ3v) is 3.60. The van der Waals surface area contributed by atoms with Gasteiger partial charge in [-0.1, -0.05) is 28.1 Å². The van der Waals surface area contributed by atoms with Gasteiger partial charge in [0.05, 0.1) is 0 Å². The summed E-state index contributed by atoms with van der Waals surface area (Å²) in [5.41, 5.74) is 2.55. The fourth-order valence-corrected chi connectivity index (χ4v) is 2.24. The summed E-state index contributed by atoms with van der Waals surface area (Å²) >= 11 is 3.45. The summed E-state index contributed by atoms with van der Waals surface area (Å²) < 4.78 is 1.11. The van der Waals surface area contributed by atoms with Gasteiger partial charge in [-0.3, -0.25) is 4.98 Å². The highest BCUT2D eigenvalue weighted by molar-refractivity contribution is 9.10. The molecule has 2 nitrogen and oxygen atoms in total. The van der Waals surface area contributed by atoms with Crippen LogP contribution in [0.2, 0.25) is 0 Å². The Kier molecular flexibility index (Phi) is 4.50. The van der Waals surface area contributed by atoms with Crippen LogP contribution in [0, 0.1) is 0 Å². The number of hydrogen-bond donors (Lipinski definition) is 1. The maximum absolute atomic E-state index is 4.04. The molecule has 3 heteroatoms. The van der Waals surface area contributed by atoms with E-state index in [1.807, 2.05) is 24.5 Å². The van der Waals surface area contributed by atoms with Crippen molar-refractivity contribution in [2.45, 2.75) is 25.9 Å². The molecule has 1 heterocycles. The van der Waals surface area contributed by atoms with Gasteiger partial charge >= 0.3 is 0 Å². The molecule has 0 saturated carbocycles. The topological polar surface area (TPSA) is 24.9 Å². The van der Waals surface area contributed by atoms with Crippen molar-refractivity contribution in [3.63, 3.8) is 0 Å². The van der Waals surface area contributed by atoms with E-state index in [0.717, 1.165) is 4.47 Å². The maximum atomic E-state index is 4.04. The van der Waals surface area contributed by atoms with Crippen LogP contribution in [-0.4, -0.2) is 4.98 Å². The Labute approximate surface area is 117 Å². The van der Waals surface area contributed by atoms with Crippen LogP contribution >= 0.6 is 15.9 Å². The van der Waals surface area contributed by atoms with E-state index in [9.17, 15) is 0 Å². The fraction of sp³-hybridized carbons (Fsp3) is 0.267. The quantitative estimate of drug-likeness (QED) is 0.913. The molecule has 2 aromatic rings. The number of aromatic nitrogens is 1. The number of rotatable bonds is 4. The van der Waals surface area contributed by atoms with E-state index in [1.165, 1.54) is 11.1 Å². The fourth-order valence-electron chi connectivity index (χ4n) is 1.97. The maximum Gasteiger partial charge on any atom is 0.0298 e. The first-order valence-corrected chi connectivity index (χ1v) is 6.87. The van der Waals surface area contributed by atoms with Gasteiger partial charge in [-0.05, 0) is 49.2 Å². The molecule has 0 radical (unpaired) electrons. The first-order valence-electron chi connectivity index (χ1n) is 6.08. The van der Waals surface area contributed by atoms with Crippen LogP contribution in [0.4, 0.5) is 0 Å². The van der Waals surface area contributed by atoms with Gasteiger partial charge in [-0.2, -0.15) is 0 Å². The van der Waals surface area contributed by atoms with Crippen LogP contribution in [0.1, 0.15) is 37.1 Å². The van der Waals surface area contributed by atoms with Gasteiger partial charge in [0.25, 0.3) is 0 Å². The number of nitrogens with zero attached hydrogens (tertiary/aromatic N) is 1. The van der Waals surface area contributed by atoms with Crippen molar-refractivity contribution in [3.8, 4) is 0 Å². The minimum absolute atomic E-state index is 0.312. The molecule has 2 rings (SSSR count). The zero-order valence-electron chi connectivity index (χ0n) is 10.6. The van der Waals surface area contributed by atoms with Gasteiger partial charge in [-0.25, -0.2) is 0 Å². The van der Waals surface area contributed by atoms with Gasteiger partial charge in [0.1, 0.15) is 0 Å². The second-order valence-corrected chi connectivity index (χ2v) is 5.36. The lowest BCUT2D eigenvalue weighted by Gasteiger charge is -2.20. The number of hydrogen-bond acceptors (Lipinski definition) is 2. The van der Waals surface area contributed by atoms with Crippen LogP contribution in [0.3, 0.4) is 0 Å². The molecule has 0 spiro atoms. The largest absolute Gasteiger partial charge is 0.304 e. The highest BCUT2D eigenvalue weighted by atomic mass is 79.9. The number of nitrogens with one attached hydrogen (secondary N) is 1. The average Bonchev–Trinajstić information content (AvgIpc) is 2.40. The molecule has 0 aliphatic heterocycles. The summed E-state index contributed by atoms with van der Waals surface area (Å²) in [6.07, 6.45) is 3.66. The smallest absolute Gasteiger partial charge is 0.0298 e. The lowest BCUT2D eigenvalue weighted by molar-refractivity contribution is 0.494. The Morgan fingerprint density at radius 2 is 1.39 bits per heavy atom. The third kappa shape index (κ3) is 3.40. The van der Waals surface area contributed by atoms with E-state index in [1.54, 1.807) is 0 Å². The van der Waals surface area contributed by atoms with Crippen molar-refractivity contribution in [2.75, 3.05) is 0 Å². The van der Waals surface area contributed by atoms with Crippen molar-refractivity contribution in [3.05, 3.63) is 64.4 Å². The van der Waals surface area contributed by atoms with Crippen molar-refractivity contribution < 1.29 is 0 Å². The Bertz CT molecular complexity index is 482. The van der Waals surface area contributed by atoms with Gasteiger partial charge in [0.2, 0.25) is 0 Å². The van der Waals surface area contributed by atoms with Crippen molar-refractivity contribution >= 4 is 15.9 Å². The third-order valence-electron chi connectivity index (χ3n) is 3.08. The highest BCUT2D eigenvalue weighted by Crippen LogP contribution is 2.20. The summed E-state index contributed by atoms with van der Waals surface area (Å²) in [7, 11) is 0. The molecule has 1 aromatic carbocycles. The zero-order chi connectivity index (χ0) is 13.0. The van der Waals surface area contributed by atoms with E-state index >= 15 is 0 Å². The van der Waals surface area contributed by atoms with E-state index in [4.69, 9.17) is 0 Å². The predicted octanol–water partition coefficient (Wildman–Crippen LogP) is 4.26. The minimum Gasteiger partial charge on any atom is -0.304 e. The summed E-state index contributed by atoms with van der Waals surface area (Å²) in [5, 5.41) is 3.59. The van der Waals surface area contributed by atoms with Crippen LogP contribution in [0.25, 0.3) is 0 Å². The van der Waals surface area contributed by atoms with Crippen LogP contribution < -0.4 is 5.32 Å². The van der Waals surface area contributed by atoms with Gasteiger partial charge < -0.3 is 5.32 Å². The number of benzene rings is 1. The molecule has 2 atom stereocenters. The van der Waals surface area contributed by atoms with Crippen LogP contribution in [0.5, 0.6) is 0 Å². The van der Waals surface area contributed by atoms with Crippen molar-refractivity contribution in [1.82, 2.24) is 10.3 Å². The molecule has 0 amide bonds. The molecular weight excluding hydrogens is 288 g/mol. The zero-order valence-corrected chi connectivity index (χ0v) is 12.2. The SMILES string of the molecule is CC(N[C@@H](C)c1ccncc1)c1ccc(Br)cc1. The molecule has 0 fully saturated rings. The molecule has 1 aromatic heterocycles. The van der Waals surface area contributed by atoms with Crippen LogP contribution in [-0.2, 0) is 0 Å². The molecule has 94 valence electrons. The standard InChI is InChI=1S/C15H17BrN2/c1-11(13-3-5-15(16)6-4-13)18-12(2)14-7-9-17-10-8-14/h3-12,18H,1-2H3/t11?,12-/m0/s1. The summed E-state index contributed by atoms with van der Waals surface area (Å²) in [5.74, 6) is 0. The lowest BCUT2D eigenvalue weighted by atomic mass is 10.1. The van der Waals surface area contributed by atoms with E-state index < -0.39 is 0 Å². The number of pyridine rings is 1. The molecule has 0 aliphatic rings. The minimum atomic E-state index is 0.312. The summed E-state index contributed by atoms with van der Waals surface area (Å²) in [6, 6.07) is 13.2. The van der Waals surface area contributed by atoms with E-state index in [0.29, 0.717) is 12.1 Å². The first kappa shape index (κ1) is 13.2. The Hall–Kier alpha value is -1.19. The van der Waals surface area contributed by atoms with Crippen molar-refractivity contribution in [2.24, 2.45) is 0 Å². The average molecular weight is 305 g/mol. The first-order chi connectivity index (χ1) is 8.66. The Morgan fingerprint density at radius 3 is 1.94 bits per heavy atom. The normalized spacial score (nSPS) is 14.2. The van der Waals surface area contributed by atoms with E-state index in [-0.39, 0.29) is 0 Å². The molecule has 0 bridgehead atoms. The molecule has 1 unspecified atom stereocenters. The van der Waals surface area contributed by atoms with E-state index in [2.05, 4.69) is 64.3 Å². The molecular formula is C15H17BrN2. The second-order valence-electron chi connectivity index (χ2n) is 4.44. The lowest BCUT2D eigenvalue weighted by Crippen LogP contribution is -2.22. The molecule has 18 heavy (non-hydrogen) atoms. The van der Waals surface area contributed by atoms with Crippen molar-refractivity contribution in [1.29, 1.82) is 0 Å². The molecule has 0 aliphatic carbocycles. The van der Waals surface area contributed by atoms with Gasteiger partial charge in [-0.15, -0.1) is 0 Å². The summed E-state index contributed by atoms with van der Waals surface area (Å²) in [4.78, 5) is 4.04. The Balaban J connectivity index is 2.03. The highest BCUT2D eigenvalue weighted by Gasteiger charge is 2.10. The monoisotopic (exact) mass is 304 g/mol. The summed E-state index contributed by atoms with van der Waals surface area (Å²) in [6.45, 7) is 4.35. The predicted molar refractivity (Wildman–Crippen MR) is 78.3 cm³/mol. The molecule has 1 N–H and O–H groups in total. The number of halogens is 1. The molecule has 0 saturated heterocycles. The van der Waals surface area contributed by atoms with Crippen LogP contribution in [0.15, 0.2) is 53.3 Å². The Morgan fingerprint density at radius 1 is 0.889 bits per heavy atom.